The van der Waals surface area contributed by atoms with E-state index in [1.165, 1.54) is 22.0 Å². The number of carbonyl (C=O) groups excluding carboxylic acids is 2. The van der Waals surface area contributed by atoms with Crippen molar-refractivity contribution in [3.63, 3.8) is 0 Å². The predicted molar refractivity (Wildman–Crippen MR) is 149 cm³/mol. The highest BCUT2D eigenvalue weighted by atomic mass is 32.1. The van der Waals surface area contributed by atoms with Crippen LogP contribution in [-0.4, -0.2) is 41.2 Å². The molecule has 0 aromatic carbocycles. The van der Waals surface area contributed by atoms with Gasteiger partial charge in [-0.05, 0) is 43.0 Å². The van der Waals surface area contributed by atoms with Crippen LogP contribution in [0.25, 0.3) is 37.6 Å². The van der Waals surface area contributed by atoms with E-state index in [4.69, 9.17) is 5.73 Å². The minimum atomic E-state index is -4.76. The van der Waals surface area contributed by atoms with E-state index >= 15 is 0 Å². The van der Waals surface area contributed by atoms with Crippen LogP contribution in [0.3, 0.4) is 0 Å². The summed E-state index contributed by atoms with van der Waals surface area (Å²) in [5.41, 5.74) is 6.47. The Kier molecular flexibility index (Phi) is 6.34. The zero-order valence-electron chi connectivity index (χ0n) is 21.4. The summed E-state index contributed by atoms with van der Waals surface area (Å²) in [7, 11) is 0. The number of hydrogen-bond donors (Lipinski definition) is 2. The average Bonchev–Trinajstić information content (AvgIpc) is 3.72. The number of anilines is 1. The lowest BCUT2D eigenvalue weighted by Gasteiger charge is -2.12. The van der Waals surface area contributed by atoms with Gasteiger partial charge >= 0.3 is 6.18 Å². The highest BCUT2D eigenvalue weighted by Gasteiger charge is 2.35. The average molecular weight is 597 g/mol. The molecule has 0 fully saturated rings. The van der Waals surface area contributed by atoms with Crippen LogP contribution in [0.5, 0.6) is 0 Å². The van der Waals surface area contributed by atoms with Gasteiger partial charge in [0.15, 0.2) is 5.65 Å². The number of fused-ring (bicyclic) bond motifs is 2. The number of rotatable bonds is 6. The van der Waals surface area contributed by atoms with Crippen molar-refractivity contribution in [3.8, 4) is 21.7 Å². The summed E-state index contributed by atoms with van der Waals surface area (Å²) in [6.07, 6.45) is -0.268. The van der Waals surface area contributed by atoms with E-state index in [1.807, 2.05) is 24.4 Å². The molecule has 2 amide bonds. The zero-order chi connectivity index (χ0) is 29.1. The van der Waals surface area contributed by atoms with Gasteiger partial charge in [-0.15, -0.1) is 22.7 Å². The Morgan fingerprint density at radius 3 is 2.66 bits per heavy atom. The molecule has 6 rings (SSSR count). The molecular formula is C26H19F3N8O2S2. The monoisotopic (exact) mass is 596 g/mol. The first kappa shape index (κ1) is 26.6. The van der Waals surface area contributed by atoms with Crippen molar-refractivity contribution < 1.29 is 22.8 Å². The van der Waals surface area contributed by atoms with Gasteiger partial charge in [0.05, 0.1) is 28.1 Å². The Morgan fingerprint density at radius 2 is 2.00 bits per heavy atom. The maximum absolute atomic E-state index is 13.9. The van der Waals surface area contributed by atoms with Crippen molar-refractivity contribution in [2.24, 2.45) is 5.73 Å². The van der Waals surface area contributed by atoms with Gasteiger partial charge in [0, 0.05) is 29.9 Å². The van der Waals surface area contributed by atoms with E-state index in [-0.39, 0.29) is 37.6 Å². The molecule has 0 saturated heterocycles. The molecule has 6 heterocycles. The number of primary amides is 1. The third-order valence-corrected chi connectivity index (χ3v) is 8.39. The normalized spacial score (nSPS) is 11.9. The van der Waals surface area contributed by atoms with E-state index in [0.29, 0.717) is 29.1 Å². The van der Waals surface area contributed by atoms with E-state index in [2.05, 4.69) is 25.5 Å². The standard InChI is InChI=1S/C26H19F3N8O2S2/c1-3-36-11-15(12(2)35-36)13-9-18(26(27,28)29)33-25-19(13)20(21(41-25)22(30)38)34-24(39)14-10-32-37-16(6-7-31-23(14)37)17-5-4-8-40-17/h4-11H,3H2,1-2H3,(H2,30,38)(H,34,39). The van der Waals surface area contributed by atoms with Crippen LogP contribution < -0.4 is 11.1 Å². The molecule has 6 aromatic heterocycles. The third-order valence-electron chi connectivity index (χ3n) is 6.39. The van der Waals surface area contributed by atoms with E-state index in [1.54, 1.807) is 30.1 Å². The number of nitrogens with two attached hydrogens (primary N) is 1. The Labute approximate surface area is 237 Å². The first-order valence-electron chi connectivity index (χ1n) is 12.1. The highest BCUT2D eigenvalue weighted by molar-refractivity contribution is 7.21. The van der Waals surface area contributed by atoms with Gasteiger partial charge < -0.3 is 11.1 Å². The van der Waals surface area contributed by atoms with Gasteiger partial charge in [-0.2, -0.15) is 23.4 Å². The van der Waals surface area contributed by atoms with Gasteiger partial charge in [0.25, 0.3) is 11.8 Å². The summed E-state index contributed by atoms with van der Waals surface area (Å²) >= 11 is 2.16. The SMILES string of the molecule is CCn1cc(-c2cc(C(F)(F)F)nc3sc(C(N)=O)c(NC(=O)c4cnn5c(-c6cccs6)ccnc45)c23)c(C)n1. The van der Waals surface area contributed by atoms with Gasteiger partial charge in [-0.3, -0.25) is 14.3 Å². The zero-order valence-corrected chi connectivity index (χ0v) is 23.0. The molecule has 0 spiro atoms. The number of pyridine rings is 1. The van der Waals surface area contributed by atoms with Crippen molar-refractivity contribution in [1.29, 1.82) is 0 Å². The Balaban J connectivity index is 1.54. The number of halogens is 3. The second kappa shape index (κ2) is 9.78. The maximum Gasteiger partial charge on any atom is 0.433 e. The number of alkyl halides is 3. The van der Waals surface area contributed by atoms with Gasteiger partial charge in [0.2, 0.25) is 0 Å². The van der Waals surface area contributed by atoms with Crippen LogP contribution in [-0.2, 0) is 12.7 Å². The molecule has 0 radical (unpaired) electrons. The predicted octanol–water partition coefficient (Wildman–Crippen LogP) is 5.63. The summed E-state index contributed by atoms with van der Waals surface area (Å²) in [4.78, 5) is 34.9. The van der Waals surface area contributed by atoms with Crippen LogP contribution in [0.1, 0.15) is 38.3 Å². The molecule has 0 unspecified atom stereocenters. The number of carbonyl (C=O) groups is 2. The molecule has 208 valence electrons. The molecule has 3 N–H and O–H groups in total. The summed E-state index contributed by atoms with van der Waals surface area (Å²) in [6.45, 7) is 3.99. The van der Waals surface area contributed by atoms with E-state index < -0.39 is 23.7 Å². The minimum absolute atomic E-state index is 0.0452. The Hall–Kier alpha value is -4.63. The first-order chi connectivity index (χ1) is 19.6. The highest BCUT2D eigenvalue weighted by Crippen LogP contribution is 2.44. The van der Waals surface area contributed by atoms with E-state index in [0.717, 1.165) is 16.6 Å². The van der Waals surface area contributed by atoms with Crippen LogP contribution in [0.4, 0.5) is 18.9 Å². The van der Waals surface area contributed by atoms with Crippen molar-refractivity contribution in [2.75, 3.05) is 5.32 Å². The first-order valence-corrected chi connectivity index (χ1v) is 13.8. The number of nitrogens with zero attached hydrogens (tertiary/aromatic N) is 6. The lowest BCUT2D eigenvalue weighted by Crippen LogP contribution is -2.17. The number of aryl methyl sites for hydroxylation is 2. The molecule has 0 atom stereocenters. The Morgan fingerprint density at radius 1 is 1.20 bits per heavy atom. The molecule has 0 aliphatic heterocycles. The summed E-state index contributed by atoms with van der Waals surface area (Å²) < 4.78 is 44.7. The minimum Gasteiger partial charge on any atom is -0.365 e. The van der Waals surface area contributed by atoms with Crippen LogP contribution in [0.15, 0.2) is 48.2 Å². The summed E-state index contributed by atoms with van der Waals surface area (Å²) in [5, 5.41) is 13.5. The maximum atomic E-state index is 13.9. The van der Waals surface area contributed by atoms with Crippen LogP contribution in [0.2, 0.25) is 0 Å². The van der Waals surface area contributed by atoms with Gasteiger partial charge in [0.1, 0.15) is 21.0 Å². The van der Waals surface area contributed by atoms with E-state index in [9.17, 15) is 22.8 Å². The molecular weight excluding hydrogens is 577 g/mol. The van der Waals surface area contributed by atoms with Gasteiger partial charge in [-0.1, -0.05) is 6.07 Å². The number of amides is 2. The van der Waals surface area contributed by atoms with Crippen molar-refractivity contribution >= 4 is 56.0 Å². The smallest absolute Gasteiger partial charge is 0.365 e. The number of thiophene rings is 2. The fraction of sp³-hybridized carbons (Fsp3) is 0.154. The second-order valence-electron chi connectivity index (χ2n) is 8.94. The van der Waals surface area contributed by atoms with Gasteiger partial charge in [-0.25, -0.2) is 14.5 Å². The largest absolute Gasteiger partial charge is 0.433 e. The summed E-state index contributed by atoms with van der Waals surface area (Å²) in [5.74, 6) is -1.60. The van der Waals surface area contributed by atoms with Crippen LogP contribution >= 0.6 is 22.7 Å². The van der Waals surface area contributed by atoms with Crippen molar-refractivity contribution in [3.05, 3.63) is 70.1 Å². The molecule has 6 aromatic rings. The molecule has 0 aliphatic carbocycles. The molecule has 0 saturated carbocycles. The molecule has 0 bridgehead atoms. The molecule has 0 aliphatic rings. The van der Waals surface area contributed by atoms with Crippen LogP contribution in [0, 0.1) is 6.92 Å². The lowest BCUT2D eigenvalue weighted by molar-refractivity contribution is -0.140. The quantitative estimate of drug-likeness (QED) is 0.256. The third kappa shape index (κ3) is 4.52. The van der Waals surface area contributed by atoms with Crippen molar-refractivity contribution in [1.82, 2.24) is 29.4 Å². The molecule has 15 heteroatoms. The second-order valence-corrected chi connectivity index (χ2v) is 10.9. The fourth-order valence-corrected chi connectivity index (χ4v) is 6.28. The molecule has 10 nitrogen and oxygen atoms in total. The summed E-state index contributed by atoms with van der Waals surface area (Å²) in [6, 6.07) is 6.45. The fourth-order valence-electron chi connectivity index (χ4n) is 4.54. The number of hydrogen-bond acceptors (Lipinski definition) is 8. The Bertz CT molecular complexity index is 1970. The number of aromatic nitrogens is 6. The van der Waals surface area contributed by atoms with Crippen molar-refractivity contribution in [2.45, 2.75) is 26.6 Å². The lowest BCUT2D eigenvalue weighted by atomic mass is 10.0. The molecule has 41 heavy (non-hydrogen) atoms. The topological polar surface area (TPSA) is 133 Å². The number of nitrogens with one attached hydrogen (secondary N) is 1.